The molecule has 1 saturated heterocycles. The molecule has 1 atom stereocenters. The van der Waals surface area contributed by atoms with E-state index in [1.165, 1.54) is 0 Å². The summed E-state index contributed by atoms with van der Waals surface area (Å²) in [5.41, 5.74) is 0. The lowest BCUT2D eigenvalue weighted by Gasteiger charge is -2.07. The Morgan fingerprint density at radius 3 is 2.75 bits per heavy atom. The molecule has 70 valence electrons. The van der Waals surface area contributed by atoms with Gasteiger partial charge in [-0.2, -0.15) is 8.42 Å². The lowest BCUT2D eigenvalue weighted by atomic mass is 10.3. The maximum atomic E-state index is 10.8. The van der Waals surface area contributed by atoms with Crippen LogP contribution in [-0.2, 0) is 23.8 Å². The Morgan fingerprint density at radius 2 is 2.33 bits per heavy atom. The van der Waals surface area contributed by atoms with E-state index in [9.17, 15) is 13.2 Å². The first-order valence-electron chi connectivity index (χ1n) is 3.51. The zero-order valence-electron chi connectivity index (χ0n) is 6.65. The maximum absolute atomic E-state index is 10.8. The predicted molar refractivity (Wildman–Crippen MR) is 39.9 cm³/mol. The van der Waals surface area contributed by atoms with Crippen LogP contribution in [0.15, 0.2) is 0 Å². The average molecular weight is 194 g/mol. The first-order chi connectivity index (χ1) is 5.53. The Bertz CT molecular complexity index is 268. The molecule has 0 aromatic rings. The van der Waals surface area contributed by atoms with Crippen LogP contribution in [0.5, 0.6) is 0 Å². The number of ether oxygens (including phenoxy) is 1. The molecule has 0 amide bonds. The van der Waals surface area contributed by atoms with Crippen LogP contribution in [0.25, 0.3) is 0 Å². The topological polar surface area (TPSA) is 69.7 Å². The monoisotopic (exact) mass is 194 g/mol. The summed E-state index contributed by atoms with van der Waals surface area (Å²) < 4.78 is 30.6. The van der Waals surface area contributed by atoms with Crippen molar-refractivity contribution in [1.29, 1.82) is 0 Å². The summed E-state index contributed by atoms with van der Waals surface area (Å²) >= 11 is 0. The van der Waals surface area contributed by atoms with Crippen molar-refractivity contribution in [2.45, 2.75) is 18.9 Å². The molecule has 1 rings (SSSR count). The molecule has 6 heteroatoms. The number of cyclic esters (lactones) is 1. The average Bonchev–Trinajstić information content (AvgIpc) is 2.35. The molecule has 0 saturated carbocycles. The second-order valence-electron chi connectivity index (χ2n) is 2.54. The van der Waals surface area contributed by atoms with E-state index < -0.39 is 16.2 Å². The Hall–Kier alpha value is -0.620. The summed E-state index contributed by atoms with van der Waals surface area (Å²) in [6.45, 7) is 0. The molecule has 0 aromatic heterocycles. The van der Waals surface area contributed by atoms with Gasteiger partial charge in [0.05, 0.1) is 7.11 Å². The van der Waals surface area contributed by atoms with Crippen molar-refractivity contribution in [2.24, 2.45) is 0 Å². The van der Waals surface area contributed by atoms with Gasteiger partial charge in [-0.1, -0.05) is 0 Å². The standard InChI is InChI=1S/C6H10O5S/c1-10-12(8,9)4-5-2-3-6(7)11-5/h5H,2-4H2,1H3/t5-/m1/s1. The Morgan fingerprint density at radius 1 is 1.67 bits per heavy atom. The lowest BCUT2D eigenvalue weighted by molar-refractivity contribution is -0.140. The minimum atomic E-state index is -3.50. The quantitative estimate of drug-likeness (QED) is 0.454. The molecule has 0 bridgehead atoms. The SMILES string of the molecule is COS(=O)(=O)C[C@H]1CCC(=O)O1. The minimum absolute atomic E-state index is 0.241. The van der Waals surface area contributed by atoms with E-state index in [2.05, 4.69) is 4.18 Å². The molecule has 12 heavy (non-hydrogen) atoms. The van der Waals surface area contributed by atoms with Gasteiger partial charge in [0, 0.05) is 6.42 Å². The smallest absolute Gasteiger partial charge is 0.306 e. The van der Waals surface area contributed by atoms with Gasteiger partial charge in [0.1, 0.15) is 11.9 Å². The third-order valence-corrected chi connectivity index (χ3v) is 2.90. The largest absolute Gasteiger partial charge is 0.461 e. The van der Waals surface area contributed by atoms with Crippen molar-refractivity contribution in [3.8, 4) is 0 Å². The second kappa shape index (κ2) is 3.40. The van der Waals surface area contributed by atoms with E-state index in [0.717, 1.165) is 7.11 Å². The number of carbonyl (C=O) groups excluding carboxylic acids is 1. The molecular weight excluding hydrogens is 184 g/mol. The number of hydrogen-bond donors (Lipinski definition) is 0. The van der Waals surface area contributed by atoms with Crippen molar-refractivity contribution >= 4 is 16.1 Å². The Labute approximate surface area is 70.8 Å². The van der Waals surface area contributed by atoms with Gasteiger partial charge >= 0.3 is 5.97 Å². The Kier molecular flexibility index (Phi) is 2.69. The lowest BCUT2D eigenvalue weighted by Crippen LogP contribution is -2.21. The van der Waals surface area contributed by atoms with Crippen molar-refractivity contribution in [1.82, 2.24) is 0 Å². The minimum Gasteiger partial charge on any atom is -0.461 e. The van der Waals surface area contributed by atoms with Gasteiger partial charge in [0.25, 0.3) is 10.1 Å². The summed E-state index contributed by atoms with van der Waals surface area (Å²) in [5.74, 6) is -0.582. The molecule has 0 aliphatic carbocycles. The van der Waals surface area contributed by atoms with Crippen LogP contribution in [0.3, 0.4) is 0 Å². The fraction of sp³-hybridized carbons (Fsp3) is 0.833. The van der Waals surface area contributed by atoms with Crippen LogP contribution in [0, 0.1) is 0 Å². The van der Waals surface area contributed by atoms with Crippen LogP contribution in [0.1, 0.15) is 12.8 Å². The van der Waals surface area contributed by atoms with Gasteiger partial charge in [-0.05, 0) is 6.42 Å². The van der Waals surface area contributed by atoms with E-state index >= 15 is 0 Å². The van der Waals surface area contributed by atoms with E-state index in [4.69, 9.17) is 4.74 Å². The molecule has 0 unspecified atom stereocenters. The van der Waals surface area contributed by atoms with Crippen molar-refractivity contribution in [2.75, 3.05) is 12.9 Å². The molecule has 0 N–H and O–H groups in total. The summed E-state index contributed by atoms with van der Waals surface area (Å²) in [5, 5.41) is 0. The summed E-state index contributed by atoms with van der Waals surface area (Å²) in [7, 11) is -2.41. The fourth-order valence-corrected chi connectivity index (χ4v) is 1.82. The summed E-state index contributed by atoms with van der Waals surface area (Å²) in [4.78, 5) is 10.6. The highest BCUT2D eigenvalue weighted by atomic mass is 32.2. The van der Waals surface area contributed by atoms with Gasteiger partial charge in [-0.15, -0.1) is 0 Å². The Balaban J connectivity index is 2.48. The molecule has 1 aliphatic rings. The highest BCUT2D eigenvalue weighted by Gasteiger charge is 2.28. The highest BCUT2D eigenvalue weighted by Crippen LogP contribution is 2.15. The van der Waals surface area contributed by atoms with Crippen LogP contribution in [0.4, 0.5) is 0 Å². The van der Waals surface area contributed by atoms with Crippen molar-refractivity contribution in [3.63, 3.8) is 0 Å². The fourth-order valence-electron chi connectivity index (χ4n) is 0.996. The van der Waals surface area contributed by atoms with Crippen LogP contribution in [-0.4, -0.2) is 33.4 Å². The third kappa shape index (κ3) is 2.46. The third-order valence-electron chi connectivity index (χ3n) is 1.61. The second-order valence-corrected chi connectivity index (χ2v) is 4.32. The van der Waals surface area contributed by atoms with E-state index in [0.29, 0.717) is 12.8 Å². The zero-order valence-corrected chi connectivity index (χ0v) is 7.46. The van der Waals surface area contributed by atoms with Gasteiger partial charge in [0.2, 0.25) is 0 Å². The molecule has 1 aliphatic heterocycles. The van der Waals surface area contributed by atoms with Crippen molar-refractivity contribution < 1.29 is 22.1 Å². The molecule has 0 radical (unpaired) electrons. The predicted octanol–water partition coefficient (Wildman–Crippen LogP) is -0.332. The van der Waals surface area contributed by atoms with Crippen molar-refractivity contribution in [3.05, 3.63) is 0 Å². The van der Waals surface area contributed by atoms with Gasteiger partial charge in [-0.25, -0.2) is 0 Å². The van der Waals surface area contributed by atoms with E-state index in [1.54, 1.807) is 0 Å². The summed E-state index contributed by atoms with van der Waals surface area (Å²) in [6, 6.07) is 0. The number of esters is 1. The zero-order chi connectivity index (χ0) is 9.19. The number of hydrogen-bond acceptors (Lipinski definition) is 5. The van der Waals surface area contributed by atoms with Crippen LogP contribution < -0.4 is 0 Å². The number of rotatable bonds is 3. The van der Waals surface area contributed by atoms with Gasteiger partial charge in [0.15, 0.2) is 0 Å². The van der Waals surface area contributed by atoms with E-state index in [1.807, 2.05) is 0 Å². The maximum Gasteiger partial charge on any atom is 0.306 e. The van der Waals surface area contributed by atoms with Gasteiger partial charge < -0.3 is 4.74 Å². The normalized spacial score (nSPS) is 24.1. The van der Waals surface area contributed by atoms with E-state index in [-0.39, 0.29) is 11.7 Å². The first kappa shape index (κ1) is 9.47. The molecule has 5 nitrogen and oxygen atoms in total. The molecule has 1 fully saturated rings. The van der Waals surface area contributed by atoms with Gasteiger partial charge in [-0.3, -0.25) is 8.98 Å². The molecular formula is C6H10O5S. The molecule has 1 heterocycles. The highest BCUT2D eigenvalue weighted by molar-refractivity contribution is 7.86. The summed E-state index contributed by atoms with van der Waals surface area (Å²) in [6.07, 6.45) is 0.230. The number of carbonyl (C=O) groups is 1. The van der Waals surface area contributed by atoms with Crippen LogP contribution >= 0.6 is 0 Å². The van der Waals surface area contributed by atoms with Crippen LogP contribution in [0.2, 0.25) is 0 Å². The first-order valence-corrected chi connectivity index (χ1v) is 5.09. The molecule has 0 aromatic carbocycles. The molecule has 0 spiro atoms.